The smallest absolute Gasteiger partial charge is 0.329 e. The van der Waals surface area contributed by atoms with E-state index in [-0.39, 0.29) is 11.5 Å². The molecule has 1 heterocycles. The second-order valence-electron chi connectivity index (χ2n) is 6.95. The molecule has 0 unspecified atom stereocenters. The van der Waals surface area contributed by atoms with Crippen LogP contribution in [0.3, 0.4) is 0 Å². The number of nitrogens with one attached hydrogen (secondary N) is 2. The summed E-state index contributed by atoms with van der Waals surface area (Å²) in [5.41, 5.74) is 7.67. The molecule has 0 spiro atoms. The molecule has 1 saturated carbocycles. The lowest BCUT2D eigenvalue weighted by atomic mass is 9.89. The molecular weight excluding hydrogens is 344 g/mol. The molecule has 8 heteroatoms. The summed E-state index contributed by atoms with van der Waals surface area (Å²) < 4.78 is 0. The molecule has 0 aliphatic heterocycles. The Morgan fingerprint density at radius 3 is 2.70 bits per heavy atom. The van der Waals surface area contributed by atoms with Gasteiger partial charge in [0.15, 0.2) is 0 Å². The number of hydrogen-bond donors (Lipinski definition) is 3. The fourth-order valence-electron chi connectivity index (χ4n) is 3.40. The van der Waals surface area contributed by atoms with Gasteiger partial charge in [0.1, 0.15) is 6.20 Å². The van der Waals surface area contributed by atoms with E-state index >= 15 is 0 Å². The summed E-state index contributed by atoms with van der Waals surface area (Å²) in [5.74, 6) is 1.19. The summed E-state index contributed by atoms with van der Waals surface area (Å²) in [5, 5.41) is 17.6. The molecule has 1 aromatic heterocycles. The minimum Gasteiger partial charge on any atom is -0.364 e. The Hall–Kier alpha value is -2.74. The minimum atomic E-state index is -0.447. The molecule has 0 bridgehead atoms. The van der Waals surface area contributed by atoms with E-state index in [2.05, 4.69) is 20.6 Å². The average molecular weight is 370 g/mol. The molecule has 144 valence electrons. The van der Waals surface area contributed by atoms with Gasteiger partial charge in [-0.15, -0.1) is 0 Å². The highest BCUT2D eigenvalue weighted by molar-refractivity contribution is 5.57. The van der Waals surface area contributed by atoms with Crippen LogP contribution >= 0.6 is 0 Å². The van der Waals surface area contributed by atoms with Crippen molar-refractivity contribution in [1.82, 2.24) is 9.97 Å². The Balaban J connectivity index is 1.67. The van der Waals surface area contributed by atoms with E-state index in [1.54, 1.807) is 0 Å². The predicted octanol–water partition coefficient (Wildman–Crippen LogP) is 3.45. The maximum absolute atomic E-state index is 11.3. The van der Waals surface area contributed by atoms with Gasteiger partial charge in [-0.1, -0.05) is 43.5 Å². The Kier molecular flexibility index (Phi) is 6.54. The van der Waals surface area contributed by atoms with Crippen LogP contribution in [0.15, 0.2) is 30.5 Å². The van der Waals surface area contributed by atoms with Gasteiger partial charge >= 0.3 is 5.69 Å². The third kappa shape index (κ3) is 5.37. The van der Waals surface area contributed by atoms with Crippen molar-refractivity contribution in [3.8, 4) is 0 Å². The van der Waals surface area contributed by atoms with Gasteiger partial charge in [-0.2, -0.15) is 4.98 Å². The van der Waals surface area contributed by atoms with Crippen molar-refractivity contribution < 1.29 is 4.92 Å². The molecule has 1 aliphatic carbocycles. The first-order valence-corrected chi connectivity index (χ1v) is 9.43. The summed E-state index contributed by atoms with van der Waals surface area (Å²) in [6, 6.07) is 7.92. The standard InChI is InChI=1S/C19H26N6O2/c20-10-15-7-4-8-16(9-15)12-22-19-23-13-17(25(26)27)18(24-19)21-11-14-5-2-1-3-6-14/h4,7-9,13-14H,1-3,5-6,10-12,20H2,(H2,21,22,23,24). The SMILES string of the molecule is NCc1cccc(CNc2ncc([N+](=O)[O-])c(NCC3CCCCC3)n2)c1. The van der Waals surface area contributed by atoms with Crippen molar-refractivity contribution in [1.29, 1.82) is 0 Å². The maximum atomic E-state index is 11.3. The average Bonchev–Trinajstić information content (AvgIpc) is 2.71. The number of nitrogens with two attached hydrogens (primary N) is 1. The first-order valence-electron chi connectivity index (χ1n) is 9.43. The normalized spacial score (nSPS) is 14.7. The Morgan fingerprint density at radius 1 is 1.19 bits per heavy atom. The highest BCUT2D eigenvalue weighted by atomic mass is 16.6. The molecule has 1 fully saturated rings. The maximum Gasteiger partial charge on any atom is 0.329 e. The summed E-state index contributed by atoms with van der Waals surface area (Å²) in [6.07, 6.45) is 7.32. The first kappa shape index (κ1) is 19.0. The van der Waals surface area contributed by atoms with E-state index in [1.165, 1.54) is 25.5 Å². The van der Waals surface area contributed by atoms with Crippen LogP contribution in [0, 0.1) is 16.0 Å². The van der Waals surface area contributed by atoms with Crippen LogP contribution < -0.4 is 16.4 Å². The van der Waals surface area contributed by atoms with Gasteiger partial charge in [0.05, 0.1) is 4.92 Å². The summed E-state index contributed by atoms with van der Waals surface area (Å²) in [7, 11) is 0. The third-order valence-electron chi connectivity index (χ3n) is 4.93. The Labute approximate surface area is 158 Å². The van der Waals surface area contributed by atoms with E-state index in [0.717, 1.165) is 24.0 Å². The minimum absolute atomic E-state index is 0.0958. The van der Waals surface area contributed by atoms with E-state index < -0.39 is 4.92 Å². The lowest BCUT2D eigenvalue weighted by Crippen LogP contribution is -2.19. The quantitative estimate of drug-likeness (QED) is 0.481. The van der Waals surface area contributed by atoms with Crippen LogP contribution in [-0.4, -0.2) is 21.4 Å². The highest BCUT2D eigenvalue weighted by Gasteiger charge is 2.19. The number of nitro groups is 1. The molecule has 0 saturated heterocycles. The number of aromatic nitrogens is 2. The third-order valence-corrected chi connectivity index (χ3v) is 4.93. The zero-order valence-electron chi connectivity index (χ0n) is 15.4. The monoisotopic (exact) mass is 370 g/mol. The van der Waals surface area contributed by atoms with Gasteiger partial charge in [0.25, 0.3) is 0 Å². The first-order chi connectivity index (χ1) is 13.2. The molecule has 0 radical (unpaired) electrons. The molecule has 27 heavy (non-hydrogen) atoms. The fourth-order valence-corrected chi connectivity index (χ4v) is 3.40. The van der Waals surface area contributed by atoms with Crippen molar-refractivity contribution in [2.75, 3.05) is 17.2 Å². The molecular formula is C19H26N6O2. The van der Waals surface area contributed by atoms with Crippen molar-refractivity contribution in [2.45, 2.75) is 45.2 Å². The second kappa shape index (κ2) is 9.27. The lowest BCUT2D eigenvalue weighted by molar-refractivity contribution is -0.384. The van der Waals surface area contributed by atoms with Crippen LogP contribution in [-0.2, 0) is 13.1 Å². The van der Waals surface area contributed by atoms with Gasteiger partial charge in [-0.3, -0.25) is 10.1 Å². The van der Waals surface area contributed by atoms with Crippen molar-refractivity contribution >= 4 is 17.5 Å². The van der Waals surface area contributed by atoms with E-state index in [4.69, 9.17) is 5.73 Å². The van der Waals surface area contributed by atoms with Crippen LogP contribution in [0.1, 0.15) is 43.2 Å². The Morgan fingerprint density at radius 2 is 1.96 bits per heavy atom. The molecule has 1 aromatic carbocycles. The predicted molar refractivity (Wildman–Crippen MR) is 105 cm³/mol. The molecule has 2 aromatic rings. The number of anilines is 2. The summed E-state index contributed by atoms with van der Waals surface area (Å²) in [6.45, 7) is 1.71. The van der Waals surface area contributed by atoms with E-state index in [0.29, 0.717) is 31.5 Å². The van der Waals surface area contributed by atoms with Gasteiger partial charge in [0, 0.05) is 19.6 Å². The molecule has 0 amide bonds. The number of benzene rings is 1. The van der Waals surface area contributed by atoms with Crippen LogP contribution in [0.25, 0.3) is 0 Å². The topological polar surface area (TPSA) is 119 Å². The lowest BCUT2D eigenvalue weighted by Gasteiger charge is -2.21. The zero-order valence-corrected chi connectivity index (χ0v) is 15.4. The van der Waals surface area contributed by atoms with Crippen molar-refractivity contribution in [3.63, 3.8) is 0 Å². The summed E-state index contributed by atoms with van der Waals surface area (Å²) in [4.78, 5) is 19.3. The number of nitrogens with zero attached hydrogens (tertiary/aromatic N) is 3. The molecule has 8 nitrogen and oxygen atoms in total. The fraction of sp³-hybridized carbons (Fsp3) is 0.474. The molecule has 1 aliphatic rings. The largest absolute Gasteiger partial charge is 0.364 e. The second-order valence-corrected chi connectivity index (χ2v) is 6.95. The number of rotatable bonds is 8. The van der Waals surface area contributed by atoms with Gasteiger partial charge in [-0.25, -0.2) is 4.98 Å². The van der Waals surface area contributed by atoms with Crippen LogP contribution in [0.5, 0.6) is 0 Å². The van der Waals surface area contributed by atoms with Crippen molar-refractivity contribution in [2.24, 2.45) is 11.7 Å². The number of hydrogen-bond acceptors (Lipinski definition) is 7. The van der Waals surface area contributed by atoms with Gasteiger partial charge in [-0.05, 0) is 29.9 Å². The highest BCUT2D eigenvalue weighted by Crippen LogP contribution is 2.26. The molecule has 4 N–H and O–H groups in total. The molecule has 0 atom stereocenters. The zero-order chi connectivity index (χ0) is 19.1. The van der Waals surface area contributed by atoms with Crippen LogP contribution in [0.2, 0.25) is 0 Å². The van der Waals surface area contributed by atoms with E-state index in [1.807, 2.05) is 24.3 Å². The van der Waals surface area contributed by atoms with Crippen molar-refractivity contribution in [3.05, 3.63) is 51.7 Å². The Bertz CT molecular complexity index is 777. The van der Waals surface area contributed by atoms with Gasteiger partial charge in [0.2, 0.25) is 11.8 Å². The molecule has 3 rings (SSSR count). The van der Waals surface area contributed by atoms with Crippen LogP contribution in [0.4, 0.5) is 17.5 Å². The van der Waals surface area contributed by atoms with Gasteiger partial charge < -0.3 is 16.4 Å². The van der Waals surface area contributed by atoms with E-state index in [9.17, 15) is 10.1 Å². The summed E-state index contributed by atoms with van der Waals surface area (Å²) >= 11 is 0.